The van der Waals surface area contributed by atoms with Crippen LogP contribution in [0.2, 0.25) is 0 Å². The molecule has 0 bridgehead atoms. The summed E-state index contributed by atoms with van der Waals surface area (Å²) >= 11 is 1.61. The third-order valence-corrected chi connectivity index (χ3v) is 6.42. The smallest absolute Gasteiger partial charge is 0.261 e. The maximum Gasteiger partial charge on any atom is 0.261 e. The number of fused-ring (bicyclic) bond motifs is 1. The molecule has 0 saturated heterocycles. The molecule has 5 rings (SSSR count). The molecule has 0 amide bonds. The van der Waals surface area contributed by atoms with Crippen molar-refractivity contribution in [2.45, 2.75) is 49.7 Å². The van der Waals surface area contributed by atoms with Crippen LogP contribution in [0.15, 0.2) is 64.5 Å². The third-order valence-electron chi connectivity index (χ3n) is 5.48. The van der Waals surface area contributed by atoms with E-state index in [1.807, 2.05) is 54.0 Å². The summed E-state index contributed by atoms with van der Waals surface area (Å²) in [6.45, 7) is 2.60. The SMILES string of the molecule is Cc1nnc(SCc2nc3ccccc3c(=O)n2CCc2ccccc2)n1C1CC1. The number of para-hydroxylation sites is 1. The molecule has 2 heterocycles. The van der Waals surface area contributed by atoms with Crippen LogP contribution in [0.5, 0.6) is 0 Å². The Hall–Kier alpha value is -2.93. The summed E-state index contributed by atoms with van der Waals surface area (Å²) in [6.07, 6.45) is 3.15. The molecule has 152 valence electrons. The molecule has 2 aromatic carbocycles. The van der Waals surface area contributed by atoms with Gasteiger partial charge in [-0.3, -0.25) is 9.36 Å². The van der Waals surface area contributed by atoms with Gasteiger partial charge in [0.2, 0.25) is 0 Å². The molecular weight excluding hydrogens is 394 g/mol. The van der Waals surface area contributed by atoms with Crippen LogP contribution < -0.4 is 5.56 Å². The van der Waals surface area contributed by atoms with E-state index >= 15 is 0 Å². The summed E-state index contributed by atoms with van der Waals surface area (Å²) in [6, 6.07) is 18.3. The minimum atomic E-state index is 0.0203. The van der Waals surface area contributed by atoms with Crippen molar-refractivity contribution in [3.05, 3.63) is 82.2 Å². The van der Waals surface area contributed by atoms with Gasteiger partial charge in [-0.15, -0.1) is 10.2 Å². The summed E-state index contributed by atoms with van der Waals surface area (Å²) in [5.41, 5.74) is 1.97. The first-order chi connectivity index (χ1) is 14.7. The predicted octanol–water partition coefficient (Wildman–Crippen LogP) is 4.17. The Morgan fingerprint density at radius 1 is 1.03 bits per heavy atom. The zero-order chi connectivity index (χ0) is 20.5. The van der Waals surface area contributed by atoms with E-state index in [0.717, 1.165) is 28.7 Å². The van der Waals surface area contributed by atoms with E-state index in [0.29, 0.717) is 23.7 Å². The van der Waals surface area contributed by atoms with Gasteiger partial charge in [-0.2, -0.15) is 0 Å². The summed E-state index contributed by atoms with van der Waals surface area (Å²) in [5.74, 6) is 2.32. The van der Waals surface area contributed by atoms with Crippen LogP contribution in [0.25, 0.3) is 10.9 Å². The highest BCUT2D eigenvalue weighted by atomic mass is 32.2. The highest BCUT2D eigenvalue weighted by molar-refractivity contribution is 7.98. The molecular formula is C23H23N5OS. The van der Waals surface area contributed by atoms with Crippen LogP contribution in [0.4, 0.5) is 0 Å². The van der Waals surface area contributed by atoms with Crippen molar-refractivity contribution in [3.63, 3.8) is 0 Å². The Kier molecular flexibility index (Phi) is 5.12. The minimum absolute atomic E-state index is 0.0203. The number of nitrogens with zero attached hydrogens (tertiary/aromatic N) is 5. The van der Waals surface area contributed by atoms with Gasteiger partial charge in [0.1, 0.15) is 11.6 Å². The maximum absolute atomic E-state index is 13.3. The monoisotopic (exact) mass is 417 g/mol. The molecule has 30 heavy (non-hydrogen) atoms. The van der Waals surface area contributed by atoms with Crippen molar-refractivity contribution >= 4 is 22.7 Å². The van der Waals surface area contributed by atoms with Crippen molar-refractivity contribution in [1.29, 1.82) is 0 Å². The first-order valence-corrected chi connectivity index (χ1v) is 11.3. The molecule has 6 nitrogen and oxygen atoms in total. The summed E-state index contributed by atoms with van der Waals surface area (Å²) in [5, 5.41) is 10.2. The molecule has 1 saturated carbocycles. The fraction of sp³-hybridized carbons (Fsp3) is 0.304. The van der Waals surface area contributed by atoms with E-state index in [2.05, 4.69) is 26.9 Å². The van der Waals surface area contributed by atoms with Crippen LogP contribution in [0, 0.1) is 6.92 Å². The largest absolute Gasteiger partial charge is 0.303 e. The second kappa shape index (κ2) is 8.07. The van der Waals surface area contributed by atoms with E-state index in [-0.39, 0.29) is 5.56 Å². The summed E-state index contributed by atoms with van der Waals surface area (Å²) in [7, 11) is 0. The average molecular weight is 418 g/mol. The number of aromatic nitrogens is 5. The topological polar surface area (TPSA) is 65.6 Å². The van der Waals surface area contributed by atoms with Crippen molar-refractivity contribution in [2.75, 3.05) is 0 Å². The number of hydrogen-bond acceptors (Lipinski definition) is 5. The van der Waals surface area contributed by atoms with Gasteiger partial charge in [-0.25, -0.2) is 4.98 Å². The normalized spacial score (nSPS) is 13.8. The summed E-state index contributed by atoms with van der Waals surface area (Å²) < 4.78 is 4.05. The molecule has 2 aromatic heterocycles. The van der Waals surface area contributed by atoms with Gasteiger partial charge in [0, 0.05) is 12.6 Å². The van der Waals surface area contributed by atoms with Crippen molar-refractivity contribution in [2.24, 2.45) is 0 Å². The number of rotatable bonds is 7. The molecule has 0 radical (unpaired) electrons. The Balaban J connectivity index is 1.47. The van der Waals surface area contributed by atoms with E-state index in [4.69, 9.17) is 4.98 Å². The maximum atomic E-state index is 13.3. The number of thioether (sulfide) groups is 1. The van der Waals surface area contributed by atoms with Gasteiger partial charge in [0.15, 0.2) is 5.16 Å². The van der Waals surface area contributed by atoms with Gasteiger partial charge in [0.25, 0.3) is 5.56 Å². The second-order valence-corrected chi connectivity index (χ2v) is 8.60. The second-order valence-electron chi connectivity index (χ2n) is 7.66. The number of aryl methyl sites for hydroxylation is 2. The Morgan fingerprint density at radius 2 is 1.80 bits per heavy atom. The highest BCUT2D eigenvalue weighted by Gasteiger charge is 2.28. The van der Waals surface area contributed by atoms with Gasteiger partial charge >= 0.3 is 0 Å². The lowest BCUT2D eigenvalue weighted by molar-refractivity contribution is 0.630. The minimum Gasteiger partial charge on any atom is -0.303 e. The fourth-order valence-electron chi connectivity index (χ4n) is 3.77. The molecule has 1 aliphatic rings. The van der Waals surface area contributed by atoms with Gasteiger partial charge in [0.05, 0.1) is 16.7 Å². The van der Waals surface area contributed by atoms with E-state index < -0.39 is 0 Å². The van der Waals surface area contributed by atoms with E-state index in [9.17, 15) is 4.79 Å². The van der Waals surface area contributed by atoms with Crippen LogP contribution in [-0.2, 0) is 18.7 Å². The van der Waals surface area contributed by atoms with Gasteiger partial charge in [-0.05, 0) is 43.9 Å². The van der Waals surface area contributed by atoms with Crippen molar-refractivity contribution in [1.82, 2.24) is 24.3 Å². The third kappa shape index (κ3) is 3.77. The molecule has 0 atom stereocenters. The first-order valence-electron chi connectivity index (χ1n) is 10.3. The average Bonchev–Trinajstić information content (AvgIpc) is 3.54. The highest BCUT2D eigenvalue weighted by Crippen LogP contribution is 2.39. The first kappa shape index (κ1) is 19.1. The molecule has 1 fully saturated rings. The van der Waals surface area contributed by atoms with Crippen LogP contribution >= 0.6 is 11.8 Å². The van der Waals surface area contributed by atoms with Crippen LogP contribution in [-0.4, -0.2) is 24.3 Å². The fourth-order valence-corrected chi connectivity index (χ4v) is 4.77. The molecule has 0 spiro atoms. The lowest BCUT2D eigenvalue weighted by Gasteiger charge is -2.14. The number of hydrogen-bond donors (Lipinski definition) is 0. The van der Waals surface area contributed by atoms with Crippen molar-refractivity contribution in [3.8, 4) is 0 Å². The number of benzene rings is 2. The standard InChI is InChI=1S/C23H23N5OS/c1-16-25-26-23(28(16)18-11-12-18)30-15-21-24-20-10-6-5-9-19(20)22(29)27(21)14-13-17-7-3-2-4-8-17/h2-10,18H,11-15H2,1H3. The van der Waals surface area contributed by atoms with Crippen LogP contribution in [0.1, 0.15) is 36.1 Å². The molecule has 0 unspecified atom stereocenters. The molecule has 0 aliphatic heterocycles. The Labute approximate surface area is 179 Å². The van der Waals surface area contributed by atoms with E-state index in [1.54, 1.807) is 11.8 Å². The zero-order valence-corrected chi connectivity index (χ0v) is 17.7. The predicted molar refractivity (Wildman–Crippen MR) is 119 cm³/mol. The molecule has 4 aromatic rings. The lowest BCUT2D eigenvalue weighted by Crippen LogP contribution is -2.26. The Morgan fingerprint density at radius 3 is 2.60 bits per heavy atom. The molecule has 7 heteroatoms. The molecule has 1 aliphatic carbocycles. The lowest BCUT2D eigenvalue weighted by atomic mass is 10.1. The Bertz CT molecular complexity index is 1240. The zero-order valence-electron chi connectivity index (χ0n) is 16.9. The quantitative estimate of drug-likeness (QED) is 0.422. The van der Waals surface area contributed by atoms with Gasteiger partial charge < -0.3 is 4.57 Å². The van der Waals surface area contributed by atoms with E-state index in [1.165, 1.54) is 18.4 Å². The molecule has 0 N–H and O–H groups in total. The van der Waals surface area contributed by atoms with Crippen LogP contribution in [0.3, 0.4) is 0 Å². The van der Waals surface area contributed by atoms with Gasteiger partial charge in [-0.1, -0.05) is 54.2 Å². The summed E-state index contributed by atoms with van der Waals surface area (Å²) in [4.78, 5) is 18.1. The van der Waals surface area contributed by atoms with Crippen molar-refractivity contribution < 1.29 is 0 Å².